The number of nitrogens with zero attached hydrogens (tertiary/aromatic N) is 1. The van der Waals surface area contributed by atoms with Crippen LogP contribution in [0.5, 0.6) is 0 Å². The molecule has 3 heteroatoms. The van der Waals surface area contributed by atoms with Gasteiger partial charge in [0, 0.05) is 24.6 Å². The lowest BCUT2D eigenvalue weighted by atomic mass is 9.91. The van der Waals surface area contributed by atoms with Crippen LogP contribution in [0.4, 0.5) is 8.78 Å². The average Bonchev–Trinajstić information content (AvgIpc) is 2.28. The van der Waals surface area contributed by atoms with Gasteiger partial charge in [0.25, 0.3) is 0 Å². The first-order valence-electron chi connectivity index (χ1n) is 5.42. The van der Waals surface area contributed by atoms with E-state index in [-0.39, 0.29) is 5.92 Å². The van der Waals surface area contributed by atoms with Crippen LogP contribution in [0.2, 0.25) is 0 Å². The summed E-state index contributed by atoms with van der Waals surface area (Å²) in [6.45, 7) is 3.80. The van der Waals surface area contributed by atoms with E-state index in [9.17, 15) is 8.78 Å². The fourth-order valence-corrected chi connectivity index (χ4v) is 1.98. The quantitative estimate of drug-likeness (QED) is 0.667. The molecule has 0 fully saturated rings. The molecule has 0 N–H and O–H groups in total. The Bertz CT molecular complexity index is 199. The van der Waals surface area contributed by atoms with Crippen LogP contribution in [-0.2, 0) is 0 Å². The minimum absolute atomic E-state index is 0.143. The molecule has 82 valence electrons. The lowest BCUT2D eigenvalue weighted by Crippen LogP contribution is -2.24. The Kier molecular flexibility index (Phi) is 4.49. The zero-order chi connectivity index (χ0) is 10.6. The van der Waals surface area contributed by atoms with Crippen molar-refractivity contribution < 1.29 is 8.78 Å². The third kappa shape index (κ3) is 3.35. The van der Waals surface area contributed by atoms with Crippen LogP contribution < -0.4 is 0 Å². The van der Waals surface area contributed by atoms with E-state index in [4.69, 9.17) is 0 Å². The van der Waals surface area contributed by atoms with Crippen molar-refractivity contribution in [1.29, 1.82) is 0 Å². The highest BCUT2D eigenvalue weighted by Crippen LogP contribution is 2.23. The molecule has 1 heterocycles. The molecule has 0 aromatic heterocycles. The molecule has 0 radical (unpaired) electrons. The molecule has 3 atom stereocenters. The van der Waals surface area contributed by atoms with Gasteiger partial charge >= 0.3 is 0 Å². The normalized spacial score (nSPS) is 27.7. The fourth-order valence-electron chi connectivity index (χ4n) is 1.98. The molecule has 0 aromatic carbocycles. The van der Waals surface area contributed by atoms with Gasteiger partial charge in [-0.3, -0.25) is 4.99 Å². The van der Waals surface area contributed by atoms with E-state index in [1.165, 1.54) is 6.92 Å². The number of alkyl halides is 2. The zero-order valence-electron chi connectivity index (χ0n) is 8.97. The number of rotatable bonds is 3. The van der Waals surface area contributed by atoms with Gasteiger partial charge in [0.15, 0.2) is 0 Å². The number of hydrogen-bond acceptors (Lipinski definition) is 1. The van der Waals surface area contributed by atoms with Gasteiger partial charge in [-0.2, -0.15) is 0 Å². The number of halogens is 2. The maximum Gasteiger partial charge on any atom is 0.105 e. The Hall–Kier alpha value is -0.470. The third-order valence-corrected chi connectivity index (χ3v) is 2.71. The molecule has 1 aliphatic rings. The Balaban J connectivity index is 2.67. The van der Waals surface area contributed by atoms with Gasteiger partial charge < -0.3 is 0 Å². The highest BCUT2D eigenvalue weighted by molar-refractivity contribution is 5.87. The van der Waals surface area contributed by atoms with Crippen LogP contribution in [0.25, 0.3) is 0 Å². The van der Waals surface area contributed by atoms with Crippen LogP contribution in [-0.4, -0.2) is 24.6 Å². The molecule has 14 heavy (non-hydrogen) atoms. The average molecular weight is 203 g/mol. The van der Waals surface area contributed by atoms with E-state index in [0.29, 0.717) is 6.42 Å². The molecule has 0 bridgehead atoms. The summed E-state index contributed by atoms with van der Waals surface area (Å²) in [5.41, 5.74) is 0.757. The molecule has 0 aromatic rings. The third-order valence-electron chi connectivity index (χ3n) is 2.71. The van der Waals surface area contributed by atoms with Crippen molar-refractivity contribution in [1.82, 2.24) is 0 Å². The standard InChI is InChI=1S/C11H19F2N/c1-8(12)7-11-10(9(2)13)5-3-4-6-14-11/h8-10H,3-7H2,1-2H3/t8-,9?,10?/m1/s1. The van der Waals surface area contributed by atoms with E-state index in [1.54, 1.807) is 6.92 Å². The van der Waals surface area contributed by atoms with Gasteiger partial charge in [-0.25, -0.2) is 8.78 Å². The maximum atomic E-state index is 13.3. The highest BCUT2D eigenvalue weighted by atomic mass is 19.1. The van der Waals surface area contributed by atoms with Gasteiger partial charge in [0.1, 0.15) is 12.3 Å². The summed E-state index contributed by atoms with van der Waals surface area (Å²) in [7, 11) is 0. The van der Waals surface area contributed by atoms with Gasteiger partial charge in [0.05, 0.1) is 0 Å². The van der Waals surface area contributed by atoms with Gasteiger partial charge in [-0.05, 0) is 26.7 Å². The van der Waals surface area contributed by atoms with Crippen LogP contribution >= 0.6 is 0 Å². The Labute approximate surface area is 84.6 Å². The SMILES string of the molecule is CC(F)C1CCCCN=C1C[C@@H](C)F. The van der Waals surface area contributed by atoms with Crippen LogP contribution in [0, 0.1) is 5.92 Å². The first-order valence-corrected chi connectivity index (χ1v) is 5.42. The lowest BCUT2D eigenvalue weighted by molar-refractivity contribution is 0.281. The smallest absolute Gasteiger partial charge is 0.105 e. The molecule has 0 amide bonds. The van der Waals surface area contributed by atoms with Crippen molar-refractivity contribution in [2.75, 3.05) is 6.54 Å². The molecule has 1 rings (SSSR count). The molecule has 1 nitrogen and oxygen atoms in total. The summed E-state index contributed by atoms with van der Waals surface area (Å²) in [4.78, 5) is 4.30. The van der Waals surface area contributed by atoms with Crippen LogP contribution in [0.3, 0.4) is 0 Å². The summed E-state index contributed by atoms with van der Waals surface area (Å²) in [5.74, 6) is -0.143. The van der Waals surface area contributed by atoms with E-state index in [1.807, 2.05) is 0 Å². The van der Waals surface area contributed by atoms with Crippen LogP contribution in [0.1, 0.15) is 39.5 Å². The van der Waals surface area contributed by atoms with Crippen LogP contribution in [0.15, 0.2) is 4.99 Å². The van der Waals surface area contributed by atoms with E-state index < -0.39 is 12.3 Å². The highest BCUT2D eigenvalue weighted by Gasteiger charge is 2.24. The summed E-state index contributed by atoms with van der Waals surface area (Å²) >= 11 is 0. The lowest BCUT2D eigenvalue weighted by Gasteiger charge is -2.19. The van der Waals surface area contributed by atoms with E-state index >= 15 is 0 Å². The zero-order valence-corrected chi connectivity index (χ0v) is 8.97. The monoisotopic (exact) mass is 203 g/mol. The van der Waals surface area contributed by atoms with Gasteiger partial charge in [-0.15, -0.1) is 0 Å². The second-order valence-corrected chi connectivity index (χ2v) is 4.14. The molecule has 0 aliphatic carbocycles. The fraction of sp³-hybridized carbons (Fsp3) is 0.909. The van der Waals surface area contributed by atoms with E-state index in [2.05, 4.69) is 4.99 Å². The second-order valence-electron chi connectivity index (χ2n) is 4.14. The topological polar surface area (TPSA) is 12.4 Å². The summed E-state index contributed by atoms with van der Waals surface area (Å²) in [6.07, 6.45) is 1.33. The van der Waals surface area contributed by atoms with Gasteiger partial charge in [-0.1, -0.05) is 6.42 Å². The molecule has 0 spiro atoms. The largest absolute Gasteiger partial charge is 0.294 e. The maximum absolute atomic E-state index is 13.3. The Morgan fingerprint density at radius 2 is 2.07 bits per heavy atom. The summed E-state index contributed by atoms with van der Waals surface area (Å²) < 4.78 is 26.1. The van der Waals surface area contributed by atoms with Crippen molar-refractivity contribution in [2.45, 2.75) is 51.9 Å². The molecule has 0 saturated carbocycles. The minimum atomic E-state index is -0.909. The molecule has 0 saturated heterocycles. The second kappa shape index (κ2) is 5.42. The van der Waals surface area contributed by atoms with E-state index in [0.717, 1.165) is 31.5 Å². The molecule has 2 unspecified atom stereocenters. The van der Waals surface area contributed by atoms with Crippen molar-refractivity contribution in [2.24, 2.45) is 10.9 Å². The Morgan fingerprint density at radius 3 is 2.64 bits per heavy atom. The predicted molar refractivity (Wildman–Crippen MR) is 55.4 cm³/mol. The van der Waals surface area contributed by atoms with Crippen molar-refractivity contribution >= 4 is 5.71 Å². The number of hydrogen-bond donors (Lipinski definition) is 0. The Morgan fingerprint density at radius 1 is 1.36 bits per heavy atom. The van der Waals surface area contributed by atoms with Crippen molar-refractivity contribution in [3.63, 3.8) is 0 Å². The first kappa shape index (κ1) is 11.6. The number of aliphatic imine (C=N–C) groups is 1. The van der Waals surface area contributed by atoms with Crippen molar-refractivity contribution in [3.05, 3.63) is 0 Å². The predicted octanol–water partition coefficient (Wildman–Crippen LogP) is 3.33. The first-order chi connectivity index (χ1) is 6.61. The summed E-state index contributed by atoms with van der Waals surface area (Å²) in [6, 6.07) is 0. The molecule has 1 aliphatic heterocycles. The molecular formula is C11H19F2N. The van der Waals surface area contributed by atoms with Gasteiger partial charge in [0.2, 0.25) is 0 Å². The minimum Gasteiger partial charge on any atom is -0.294 e. The van der Waals surface area contributed by atoms with Crippen molar-refractivity contribution in [3.8, 4) is 0 Å². The molecular weight excluding hydrogens is 184 g/mol. The summed E-state index contributed by atoms with van der Waals surface area (Å²) in [5, 5.41) is 0.